The predicted molar refractivity (Wildman–Crippen MR) is 47.6 cm³/mol. The molecule has 0 unspecified atom stereocenters. The fraction of sp³-hybridized carbons (Fsp3) is 0.889. The summed E-state index contributed by atoms with van der Waals surface area (Å²) in [4.78, 5) is 10.5. The smallest absolute Gasteiger partial charge is 0.163 e. The van der Waals surface area contributed by atoms with Crippen LogP contribution < -0.4 is 0 Å². The molecule has 0 amide bonds. The van der Waals surface area contributed by atoms with Crippen LogP contribution >= 0.6 is 0 Å². The molecule has 1 aliphatic rings. The molecule has 0 aromatic heterocycles. The molecular formula is C9H16O5. The van der Waals surface area contributed by atoms with Crippen molar-refractivity contribution in [1.29, 1.82) is 0 Å². The highest BCUT2D eigenvalue weighted by Crippen LogP contribution is 2.27. The molecule has 0 aromatic rings. The van der Waals surface area contributed by atoms with E-state index in [2.05, 4.69) is 0 Å². The Kier molecular flexibility index (Phi) is 2.96. The molecule has 5 heteroatoms. The van der Waals surface area contributed by atoms with Crippen LogP contribution in [0.3, 0.4) is 0 Å². The van der Waals surface area contributed by atoms with Crippen molar-refractivity contribution in [2.75, 3.05) is 6.61 Å². The molecule has 82 valence electrons. The minimum Gasteiger partial charge on any atom is -0.387 e. The molecule has 0 aromatic carbocycles. The number of hydrogen-bond donors (Lipinski definition) is 2. The Morgan fingerprint density at radius 2 is 2.21 bits per heavy atom. The lowest BCUT2D eigenvalue weighted by atomic mass is 9.97. The highest BCUT2D eigenvalue weighted by Gasteiger charge is 2.44. The Labute approximate surface area is 82.6 Å². The molecule has 0 saturated carbocycles. The van der Waals surface area contributed by atoms with E-state index in [-0.39, 0.29) is 6.61 Å². The Hall–Kier alpha value is -0.490. The summed E-state index contributed by atoms with van der Waals surface area (Å²) < 4.78 is 10.5. The molecular weight excluding hydrogens is 188 g/mol. The van der Waals surface area contributed by atoms with Crippen molar-refractivity contribution in [2.45, 2.75) is 44.4 Å². The zero-order valence-electron chi connectivity index (χ0n) is 8.56. The second-order valence-electron chi connectivity index (χ2n) is 4.16. The first-order valence-electron chi connectivity index (χ1n) is 4.47. The molecule has 14 heavy (non-hydrogen) atoms. The SMILES string of the molecule is CC1(C)OC[C@H]([C@@H](O)[C@](C)(O)C=O)O1. The number of aliphatic hydroxyl groups is 2. The summed E-state index contributed by atoms with van der Waals surface area (Å²) in [6.45, 7) is 4.81. The summed E-state index contributed by atoms with van der Waals surface area (Å²) in [6, 6.07) is 0. The molecule has 0 spiro atoms. The van der Waals surface area contributed by atoms with Crippen LogP contribution in [0.2, 0.25) is 0 Å². The number of aldehydes is 1. The van der Waals surface area contributed by atoms with Crippen molar-refractivity contribution < 1.29 is 24.5 Å². The highest BCUT2D eigenvalue weighted by atomic mass is 16.7. The molecule has 5 nitrogen and oxygen atoms in total. The molecule has 1 aliphatic heterocycles. The first kappa shape index (κ1) is 11.6. The maximum atomic E-state index is 10.5. The lowest BCUT2D eigenvalue weighted by Gasteiger charge is -2.27. The van der Waals surface area contributed by atoms with Crippen molar-refractivity contribution in [3.63, 3.8) is 0 Å². The standard InChI is InChI=1S/C9H16O5/c1-8(2)13-4-6(14-8)7(11)9(3,12)5-10/h5-7,11-12H,4H2,1-3H3/t6-,7-,9-/m1/s1. The molecule has 0 bridgehead atoms. The van der Waals surface area contributed by atoms with Gasteiger partial charge in [-0.25, -0.2) is 0 Å². The van der Waals surface area contributed by atoms with Crippen LogP contribution in [-0.4, -0.2) is 46.7 Å². The molecule has 2 N–H and O–H groups in total. The first-order valence-corrected chi connectivity index (χ1v) is 4.47. The van der Waals surface area contributed by atoms with Crippen LogP contribution in [0, 0.1) is 0 Å². The van der Waals surface area contributed by atoms with Crippen LogP contribution in [0.5, 0.6) is 0 Å². The number of ether oxygens (including phenoxy) is 2. The summed E-state index contributed by atoms with van der Waals surface area (Å²) in [5.41, 5.74) is -1.80. The number of aliphatic hydroxyl groups excluding tert-OH is 1. The van der Waals surface area contributed by atoms with Gasteiger partial charge < -0.3 is 24.5 Å². The van der Waals surface area contributed by atoms with E-state index in [0.29, 0.717) is 6.29 Å². The average molecular weight is 204 g/mol. The van der Waals surface area contributed by atoms with Gasteiger partial charge in [-0.2, -0.15) is 0 Å². The maximum absolute atomic E-state index is 10.5. The van der Waals surface area contributed by atoms with E-state index in [1.54, 1.807) is 13.8 Å². The van der Waals surface area contributed by atoms with Crippen LogP contribution in [0.15, 0.2) is 0 Å². The minimum atomic E-state index is -1.80. The minimum absolute atomic E-state index is 0.165. The quantitative estimate of drug-likeness (QED) is 0.603. The summed E-state index contributed by atoms with van der Waals surface area (Å²) >= 11 is 0. The second kappa shape index (κ2) is 3.58. The van der Waals surface area contributed by atoms with Crippen molar-refractivity contribution in [1.82, 2.24) is 0 Å². The molecule has 0 aliphatic carbocycles. The van der Waals surface area contributed by atoms with Gasteiger partial charge in [-0.3, -0.25) is 0 Å². The third-order valence-electron chi connectivity index (χ3n) is 2.22. The number of carbonyl (C=O) groups excluding carboxylic acids is 1. The topological polar surface area (TPSA) is 76.0 Å². The van der Waals surface area contributed by atoms with E-state index >= 15 is 0 Å². The van der Waals surface area contributed by atoms with E-state index < -0.39 is 23.6 Å². The molecule has 1 heterocycles. The van der Waals surface area contributed by atoms with Gasteiger partial charge in [-0.05, 0) is 20.8 Å². The molecule has 1 fully saturated rings. The Morgan fingerprint density at radius 1 is 1.64 bits per heavy atom. The van der Waals surface area contributed by atoms with Gasteiger partial charge in [0, 0.05) is 0 Å². The molecule has 1 saturated heterocycles. The number of carbonyl (C=O) groups is 1. The van der Waals surface area contributed by atoms with E-state index in [0.717, 1.165) is 0 Å². The van der Waals surface area contributed by atoms with Gasteiger partial charge in [0.05, 0.1) is 6.61 Å². The van der Waals surface area contributed by atoms with Gasteiger partial charge in [-0.1, -0.05) is 0 Å². The van der Waals surface area contributed by atoms with Gasteiger partial charge in [0.1, 0.15) is 17.8 Å². The van der Waals surface area contributed by atoms with Crippen molar-refractivity contribution in [3.8, 4) is 0 Å². The predicted octanol–water partition coefficient (Wildman–Crippen LogP) is -0.551. The normalized spacial score (nSPS) is 32.2. The first-order chi connectivity index (χ1) is 6.28. The average Bonchev–Trinajstić information content (AvgIpc) is 2.44. The van der Waals surface area contributed by atoms with Gasteiger partial charge in [-0.15, -0.1) is 0 Å². The van der Waals surface area contributed by atoms with Crippen LogP contribution in [0.4, 0.5) is 0 Å². The second-order valence-corrected chi connectivity index (χ2v) is 4.16. The summed E-state index contributed by atoms with van der Waals surface area (Å²) in [7, 11) is 0. The van der Waals surface area contributed by atoms with Gasteiger partial charge in [0.25, 0.3) is 0 Å². The Balaban J connectivity index is 2.64. The fourth-order valence-corrected chi connectivity index (χ4v) is 1.32. The fourth-order valence-electron chi connectivity index (χ4n) is 1.32. The highest BCUT2D eigenvalue weighted by molar-refractivity contribution is 5.62. The van der Waals surface area contributed by atoms with Gasteiger partial charge in [0.2, 0.25) is 0 Å². The summed E-state index contributed by atoms with van der Waals surface area (Å²) in [6.07, 6.45) is -1.65. The summed E-state index contributed by atoms with van der Waals surface area (Å²) in [5, 5.41) is 19.1. The monoisotopic (exact) mass is 204 g/mol. The van der Waals surface area contributed by atoms with E-state index in [4.69, 9.17) is 9.47 Å². The van der Waals surface area contributed by atoms with Gasteiger partial charge in [0.15, 0.2) is 12.1 Å². The third-order valence-corrected chi connectivity index (χ3v) is 2.22. The zero-order valence-corrected chi connectivity index (χ0v) is 8.56. The molecule has 0 radical (unpaired) electrons. The van der Waals surface area contributed by atoms with Crippen molar-refractivity contribution >= 4 is 6.29 Å². The van der Waals surface area contributed by atoms with Crippen molar-refractivity contribution in [3.05, 3.63) is 0 Å². The zero-order chi connectivity index (χ0) is 11.0. The maximum Gasteiger partial charge on any atom is 0.163 e. The van der Waals surface area contributed by atoms with Crippen LogP contribution in [-0.2, 0) is 14.3 Å². The van der Waals surface area contributed by atoms with E-state index in [9.17, 15) is 15.0 Å². The van der Waals surface area contributed by atoms with Crippen LogP contribution in [0.25, 0.3) is 0 Å². The molecule has 3 atom stereocenters. The largest absolute Gasteiger partial charge is 0.387 e. The Morgan fingerprint density at radius 3 is 2.57 bits per heavy atom. The van der Waals surface area contributed by atoms with Gasteiger partial charge >= 0.3 is 0 Å². The number of rotatable bonds is 3. The van der Waals surface area contributed by atoms with E-state index in [1.807, 2.05) is 0 Å². The lowest BCUT2D eigenvalue weighted by Crippen LogP contribution is -2.49. The summed E-state index contributed by atoms with van der Waals surface area (Å²) in [5.74, 6) is -0.773. The Bertz CT molecular complexity index is 223. The number of hydrogen-bond acceptors (Lipinski definition) is 5. The third kappa shape index (κ3) is 2.30. The lowest BCUT2D eigenvalue weighted by molar-refractivity contribution is -0.174. The molecule has 1 rings (SSSR count). The van der Waals surface area contributed by atoms with Crippen molar-refractivity contribution in [2.24, 2.45) is 0 Å². The van der Waals surface area contributed by atoms with Crippen LogP contribution in [0.1, 0.15) is 20.8 Å². The van der Waals surface area contributed by atoms with E-state index in [1.165, 1.54) is 6.92 Å².